The fraction of sp³-hybridized carbons (Fsp3) is 0. The Morgan fingerprint density at radius 1 is 0.417 bits per heavy atom. The molecular weight excluding hydrogens is 245 g/mol. The van der Waals surface area contributed by atoms with Gasteiger partial charge in [-0.1, -0.05) is 0 Å². The van der Waals surface area contributed by atoms with Crippen molar-refractivity contribution in [1.82, 2.24) is 0 Å². The summed E-state index contributed by atoms with van der Waals surface area (Å²) in [7, 11) is -12.0. The molecule has 80 valence electrons. The Balaban J connectivity index is -0.0000000457. The fourth-order valence-electron chi connectivity index (χ4n) is 0. The van der Waals surface area contributed by atoms with Gasteiger partial charge in [0.05, 0.1) is 0 Å². The second-order valence-corrected chi connectivity index (χ2v) is 0.990. The van der Waals surface area contributed by atoms with E-state index >= 15 is 0 Å². The van der Waals surface area contributed by atoms with Gasteiger partial charge in [-0.15, -0.1) is 24.8 Å². The molecule has 0 aromatic heterocycles. The lowest BCUT2D eigenvalue weighted by Crippen LogP contribution is -2.02. The zero-order chi connectivity index (χ0) is 9.00. The summed E-state index contributed by atoms with van der Waals surface area (Å²) in [5.74, 6) is 0. The highest BCUT2D eigenvalue weighted by atomic mass is 35.5. The molecule has 0 fully saturated rings. The topological polar surface area (TPSA) is 0 Å². The number of rotatable bonds is 0. The molecule has 0 unspecified atom stereocenters. The smallest absolute Gasteiger partial charge is 0.418 e. The Bertz CT molecular complexity index is 58.0. The van der Waals surface area contributed by atoms with Crippen LogP contribution in [0.15, 0.2) is 0 Å². The summed E-state index contributed by atoms with van der Waals surface area (Å²) in [6.07, 6.45) is 0. The Morgan fingerprint density at radius 3 is 0.417 bits per heavy atom. The summed E-state index contributed by atoms with van der Waals surface area (Å²) in [6, 6.07) is 0. The summed E-state index contributed by atoms with van der Waals surface area (Å²) >= 11 is 0. The Hall–Kier alpha value is 0.150. The average Bonchev–Trinajstić information content (AvgIpc) is 1.12. The third-order valence-corrected chi connectivity index (χ3v) is 0. The van der Waals surface area contributed by atoms with Crippen LogP contribution in [-0.2, 0) is 0 Å². The van der Waals surface area contributed by atoms with Crippen molar-refractivity contribution in [2.24, 2.45) is 0 Å². The maximum absolute atomic E-state index is 9.75. The van der Waals surface area contributed by atoms with Crippen molar-refractivity contribution < 1.29 is 34.5 Å². The minimum Gasteiger partial charge on any atom is -0.418 e. The molecule has 0 aromatic carbocycles. The SMILES string of the molecule is Cl.Cl.F[B-](F)(F)F.F[B-](F)(F)F. The molecule has 0 bridgehead atoms. The first-order valence-corrected chi connectivity index (χ1v) is 1.75. The van der Waals surface area contributed by atoms with Crippen LogP contribution in [0.5, 0.6) is 0 Å². The molecule has 0 saturated carbocycles. The molecular formula is H2B2Cl2F8-2. The molecule has 0 amide bonds. The van der Waals surface area contributed by atoms with Crippen molar-refractivity contribution in [3.05, 3.63) is 0 Å². The first kappa shape index (κ1) is 22.7. The van der Waals surface area contributed by atoms with Gasteiger partial charge in [0.1, 0.15) is 0 Å². The molecule has 0 spiro atoms. The van der Waals surface area contributed by atoms with Gasteiger partial charge in [0, 0.05) is 0 Å². The molecule has 0 heterocycles. The molecule has 0 aliphatic carbocycles. The van der Waals surface area contributed by atoms with E-state index in [0.717, 1.165) is 0 Å². The summed E-state index contributed by atoms with van der Waals surface area (Å²) < 4.78 is 78.0. The highest BCUT2D eigenvalue weighted by Crippen LogP contribution is 2.07. The minimum atomic E-state index is -6.00. The van der Waals surface area contributed by atoms with Crippen LogP contribution >= 0.6 is 24.8 Å². The van der Waals surface area contributed by atoms with Crippen molar-refractivity contribution in [2.45, 2.75) is 0 Å². The van der Waals surface area contributed by atoms with E-state index in [1.807, 2.05) is 0 Å². The molecule has 0 nitrogen and oxygen atoms in total. The first-order chi connectivity index (χ1) is 4.00. The molecule has 0 saturated heterocycles. The van der Waals surface area contributed by atoms with Gasteiger partial charge >= 0.3 is 14.5 Å². The van der Waals surface area contributed by atoms with Crippen LogP contribution in [-0.4, -0.2) is 14.5 Å². The van der Waals surface area contributed by atoms with Crippen LogP contribution < -0.4 is 0 Å². The van der Waals surface area contributed by atoms with Crippen LogP contribution in [0, 0.1) is 0 Å². The zero-order valence-electron chi connectivity index (χ0n) is 4.99. The third-order valence-electron chi connectivity index (χ3n) is 0. The predicted octanol–water partition coefficient (Wildman–Crippen LogP) is 3.44. The monoisotopic (exact) mass is 246 g/mol. The van der Waals surface area contributed by atoms with Crippen LogP contribution in [0.25, 0.3) is 0 Å². The van der Waals surface area contributed by atoms with Crippen molar-refractivity contribution >= 4 is 39.3 Å². The first-order valence-electron chi connectivity index (χ1n) is 1.75. The highest BCUT2D eigenvalue weighted by Gasteiger charge is 2.21. The van der Waals surface area contributed by atoms with Crippen molar-refractivity contribution in [3.8, 4) is 0 Å². The average molecular weight is 247 g/mol. The fourth-order valence-corrected chi connectivity index (χ4v) is 0. The summed E-state index contributed by atoms with van der Waals surface area (Å²) in [5, 5.41) is 0. The van der Waals surface area contributed by atoms with E-state index in [0.29, 0.717) is 0 Å². The van der Waals surface area contributed by atoms with E-state index in [-0.39, 0.29) is 24.8 Å². The molecule has 0 aliphatic rings. The van der Waals surface area contributed by atoms with E-state index in [2.05, 4.69) is 0 Å². The molecule has 0 aliphatic heterocycles. The molecule has 0 atom stereocenters. The lowest BCUT2D eigenvalue weighted by Gasteiger charge is -1.94. The van der Waals surface area contributed by atoms with E-state index < -0.39 is 14.5 Å². The van der Waals surface area contributed by atoms with Gasteiger partial charge in [-0.2, -0.15) is 0 Å². The molecule has 12 heteroatoms. The maximum Gasteiger partial charge on any atom is 0.673 e. The lowest BCUT2D eigenvalue weighted by atomic mass is 10.3. The number of halogens is 10. The Kier molecular flexibility index (Phi) is 14.7. The summed E-state index contributed by atoms with van der Waals surface area (Å²) in [6.45, 7) is 0. The highest BCUT2D eigenvalue weighted by molar-refractivity contribution is 6.50. The molecule has 0 N–H and O–H groups in total. The van der Waals surface area contributed by atoms with Gasteiger partial charge in [0.15, 0.2) is 0 Å². The van der Waals surface area contributed by atoms with E-state index in [4.69, 9.17) is 0 Å². The van der Waals surface area contributed by atoms with Crippen molar-refractivity contribution in [3.63, 3.8) is 0 Å². The standard InChI is InChI=1S/2BF4.2ClH/c2*2-1(3,4)5;;/h;;2*1H/q2*-1;;. The maximum atomic E-state index is 9.75. The van der Waals surface area contributed by atoms with Crippen LogP contribution in [0.1, 0.15) is 0 Å². The van der Waals surface area contributed by atoms with Gasteiger partial charge in [-0.3, -0.25) is 0 Å². The molecule has 12 heavy (non-hydrogen) atoms. The third kappa shape index (κ3) is 37800. The molecule has 0 aromatic rings. The van der Waals surface area contributed by atoms with Gasteiger partial charge < -0.3 is 34.5 Å². The summed E-state index contributed by atoms with van der Waals surface area (Å²) in [5.41, 5.74) is 0. The molecule has 0 rings (SSSR count). The Morgan fingerprint density at radius 2 is 0.417 bits per heavy atom. The number of hydrogen-bond donors (Lipinski definition) is 0. The van der Waals surface area contributed by atoms with Crippen LogP contribution in [0.2, 0.25) is 0 Å². The van der Waals surface area contributed by atoms with Gasteiger partial charge in [0.25, 0.3) is 0 Å². The quantitative estimate of drug-likeness (QED) is 0.454. The Labute approximate surface area is 74.7 Å². The van der Waals surface area contributed by atoms with Crippen molar-refractivity contribution in [2.75, 3.05) is 0 Å². The van der Waals surface area contributed by atoms with E-state index in [9.17, 15) is 34.5 Å². The second kappa shape index (κ2) is 7.78. The van der Waals surface area contributed by atoms with Gasteiger partial charge in [0.2, 0.25) is 0 Å². The van der Waals surface area contributed by atoms with E-state index in [1.165, 1.54) is 0 Å². The second-order valence-electron chi connectivity index (χ2n) is 0.990. The van der Waals surface area contributed by atoms with E-state index in [1.54, 1.807) is 0 Å². The summed E-state index contributed by atoms with van der Waals surface area (Å²) in [4.78, 5) is 0. The largest absolute Gasteiger partial charge is 0.673 e. The molecule has 0 radical (unpaired) electrons. The van der Waals surface area contributed by atoms with Gasteiger partial charge in [-0.25, -0.2) is 0 Å². The predicted molar refractivity (Wildman–Crippen MR) is 34.9 cm³/mol. The van der Waals surface area contributed by atoms with Crippen LogP contribution in [0.3, 0.4) is 0 Å². The number of hydrogen-bond acceptors (Lipinski definition) is 0. The lowest BCUT2D eigenvalue weighted by molar-refractivity contribution is 0.366. The van der Waals surface area contributed by atoms with Crippen LogP contribution in [0.4, 0.5) is 34.5 Å². The zero-order valence-corrected chi connectivity index (χ0v) is 6.63. The minimum absolute atomic E-state index is 0. The normalized spacial score (nSPS) is 10.0. The van der Waals surface area contributed by atoms with Crippen molar-refractivity contribution in [1.29, 1.82) is 0 Å². The van der Waals surface area contributed by atoms with Gasteiger partial charge in [-0.05, 0) is 0 Å².